The molecule has 2 aromatic rings. The average Bonchev–Trinajstić information content (AvgIpc) is 2.72. The van der Waals surface area contributed by atoms with E-state index in [2.05, 4.69) is 21.8 Å². The normalized spacial score (nSPS) is 13.5. The molecule has 21 heavy (non-hydrogen) atoms. The minimum absolute atomic E-state index is 0.0860. The van der Waals surface area contributed by atoms with Gasteiger partial charge in [-0.1, -0.05) is 6.07 Å². The Morgan fingerprint density at radius 3 is 2.90 bits per heavy atom. The summed E-state index contributed by atoms with van der Waals surface area (Å²) in [5.74, 6) is -0.0860. The standard InChI is InChI=1S/C16H20N4O/c1-10-15(11(2)20(3)19-10)16(21)18-14-8-4-7-13-12(14)6-5-9-17-13/h4,7-8,17H,5-6,9H2,1-3H3,(H,18,21). The number of aromatic nitrogens is 2. The highest BCUT2D eigenvalue weighted by atomic mass is 16.1. The Labute approximate surface area is 124 Å². The Morgan fingerprint density at radius 1 is 1.38 bits per heavy atom. The number of aryl methyl sites for hydroxylation is 2. The first kappa shape index (κ1) is 13.7. The van der Waals surface area contributed by atoms with E-state index in [0.29, 0.717) is 5.56 Å². The summed E-state index contributed by atoms with van der Waals surface area (Å²) in [7, 11) is 1.85. The maximum absolute atomic E-state index is 12.6. The largest absolute Gasteiger partial charge is 0.385 e. The Balaban J connectivity index is 1.92. The summed E-state index contributed by atoms with van der Waals surface area (Å²) < 4.78 is 1.74. The molecule has 5 nitrogen and oxygen atoms in total. The Kier molecular flexibility index (Phi) is 3.41. The van der Waals surface area contributed by atoms with Gasteiger partial charge >= 0.3 is 0 Å². The number of carbonyl (C=O) groups excluding carboxylic acids is 1. The number of carbonyl (C=O) groups is 1. The van der Waals surface area contributed by atoms with E-state index in [-0.39, 0.29) is 5.91 Å². The van der Waals surface area contributed by atoms with Crippen LogP contribution in [0.25, 0.3) is 0 Å². The lowest BCUT2D eigenvalue weighted by atomic mass is 10.0. The van der Waals surface area contributed by atoms with E-state index in [0.717, 1.165) is 42.1 Å². The van der Waals surface area contributed by atoms with Gasteiger partial charge in [-0.25, -0.2) is 0 Å². The third-order valence-corrected chi connectivity index (χ3v) is 4.08. The minimum atomic E-state index is -0.0860. The van der Waals surface area contributed by atoms with Crippen LogP contribution in [0.1, 0.15) is 33.7 Å². The molecule has 1 aliphatic heterocycles. The lowest BCUT2D eigenvalue weighted by molar-refractivity contribution is 0.102. The number of nitrogens with one attached hydrogen (secondary N) is 2. The second-order valence-electron chi connectivity index (χ2n) is 5.49. The van der Waals surface area contributed by atoms with Crippen LogP contribution in [0.5, 0.6) is 0 Å². The molecule has 110 valence electrons. The number of fused-ring (bicyclic) bond motifs is 1. The summed E-state index contributed by atoms with van der Waals surface area (Å²) >= 11 is 0. The average molecular weight is 284 g/mol. The molecule has 1 aliphatic rings. The Morgan fingerprint density at radius 2 is 2.19 bits per heavy atom. The highest BCUT2D eigenvalue weighted by molar-refractivity contribution is 6.06. The molecule has 2 N–H and O–H groups in total. The molecule has 0 saturated carbocycles. The number of anilines is 2. The van der Waals surface area contributed by atoms with E-state index >= 15 is 0 Å². The third-order valence-electron chi connectivity index (χ3n) is 4.08. The van der Waals surface area contributed by atoms with Gasteiger partial charge in [0.15, 0.2) is 0 Å². The van der Waals surface area contributed by atoms with Gasteiger partial charge in [0.2, 0.25) is 0 Å². The monoisotopic (exact) mass is 284 g/mol. The number of rotatable bonds is 2. The Hall–Kier alpha value is -2.30. The summed E-state index contributed by atoms with van der Waals surface area (Å²) in [5, 5.41) is 10.7. The topological polar surface area (TPSA) is 59.0 Å². The molecule has 3 rings (SSSR count). The fourth-order valence-electron chi connectivity index (χ4n) is 2.91. The quantitative estimate of drug-likeness (QED) is 0.891. The van der Waals surface area contributed by atoms with Crippen molar-refractivity contribution in [2.45, 2.75) is 26.7 Å². The van der Waals surface area contributed by atoms with E-state index in [4.69, 9.17) is 0 Å². The van der Waals surface area contributed by atoms with E-state index in [1.807, 2.05) is 33.0 Å². The van der Waals surface area contributed by atoms with Gasteiger partial charge < -0.3 is 10.6 Å². The molecular formula is C16H20N4O. The van der Waals surface area contributed by atoms with Gasteiger partial charge in [0.05, 0.1) is 11.3 Å². The van der Waals surface area contributed by atoms with E-state index in [1.165, 1.54) is 5.56 Å². The third kappa shape index (κ3) is 2.39. The van der Waals surface area contributed by atoms with Crippen molar-refractivity contribution in [2.75, 3.05) is 17.2 Å². The zero-order chi connectivity index (χ0) is 15.0. The van der Waals surface area contributed by atoms with Gasteiger partial charge in [-0.15, -0.1) is 0 Å². The first-order valence-corrected chi connectivity index (χ1v) is 7.25. The van der Waals surface area contributed by atoms with Crippen molar-refractivity contribution in [1.82, 2.24) is 9.78 Å². The second kappa shape index (κ2) is 5.24. The zero-order valence-corrected chi connectivity index (χ0v) is 12.7. The molecule has 0 aliphatic carbocycles. The van der Waals surface area contributed by atoms with Crippen molar-refractivity contribution in [2.24, 2.45) is 7.05 Å². The fourth-order valence-corrected chi connectivity index (χ4v) is 2.91. The predicted molar refractivity (Wildman–Crippen MR) is 83.9 cm³/mol. The fraction of sp³-hybridized carbons (Fsp3) is 0.375. The summed E-state index contributed by atoms with van der Waals surface area (Å²) in [4.78, 5) is 12.6. The van der Waals surface area contributed by atoms with Crippen LogP contribution in [-0.2, 0) is 13.5 Å². The summed E-state index contributed by atoms with van der Waals surface area (Å²) in [6, 6.07) is 5.99. The molecule has 0 bridgehead atoms. The number of hydrogen-bond acceptors (Lipinski definition) is 3. The van der Waals surface area contributed by atoms with Gasteiger partial charge in [-0.3, -0.25) is 9.48 Å². The predicted octanol–water partition coefficient (Wildman–Crippen LogP) is 2.65. The first-order valence-electron chi connectivity index (χ1n) is 7.25. The summed E-state index contributed by atoms with van der Waals surface area (Å²) in [6.45, 7) is 4.77. The van der Waals surface area contributed by atoms with Crippen LogP contribution in [-0.4, -0.2) is 22.2 Å². The number of benzene rings is 1. The van der Waals surface area contributed by atoms with Crippen LogP contribution >= 0.6 is 0 Å². The smallest absolute Gasteiger partial charge is 0.259 e. The molecule has 0 fully saturated rings. The number of hydrogen-bond donors (Lipinski definition) is 2. The molecular weight excluding hydrogens is 264 g/mol. The van der Waals surface area contributed by atoms with Crippen molar-refractivity contribution in [1.29, 1.82) is 0 Å². The molecule has 5 heteroatoms. The van der Waals surface area contributed by atoms with Crippen LogP contribution in [0.4, 0.5) is 11.4 Å². The zero-order valence-electron chi connectivity index (χ0n) is 12.7. The Bertz CT molecular complexity index is 703. The molecule has 1 aromatic heterocycles. The number of amides is 1. The highest BCUT2D eigenvalue weighted by Crippen LogP contribution is 2.29. The maximum atomic E-state index is 12.6. The molecule has 2 heterocycles. The summed E-state index contributed by atoms with van der Waals surface area (Å²) in [6.07, 6.45) is 2.08. The van der Waals surface area contributed by atoms with Gasteiger partial charge in [-0.05, 0) is 44.4 Å². The van der Waals surface area contributed by atoms with Crippen LogP contribution in [0.15, 0.2) is 18.2 Å². The van der Waals surface area contributed by atoms with E-state index in [9.17, 15) is 4.79 Å². The maximum Gasteiger partial charge on any atom is 0.259 e. The van der Waals surface area contributed by atoms with Gasteiger partial charge in [0, 0.05) is 30.7 Å². The highest BCUT2D eigenvalue weighted by Gasteiger charge is 2.19. The molecule has 1 amide bonds. The van der Waals surface area contributed by atoms with Gasteiger partial charge in [-0.2, -0.15) is 5.10 Å². The summed E-state index contributed by atoms with van der Waals surface area (Å²) in [5.41, 5.74) is 5.52. The second-order valence-corrected chi connectivity index (χ2v) is 5.49. The van der Waals surface area contributed by atoms with Crippen LogP contribution in [0.3, 0.4) is 0 Å². The molecule has 0 unspecified atom stereocenters. The molecule has 0 spiro atoms. The number of nitrogens with zero attached hydrogens (tertiary/aromatic N) is 2. The van der Waals surface area contributed by atoms with Crippen LogP contribution < -0.4 is 10.6 Å². The minimum Gasteiger partial charge on any atom is -0.385 e. The van der Waals surface area contributed by atoms with Crippen molar-refractivity contribution in [3.05, 3.63) is 40.7 Å². The van der Waals surface area contributed by atoms with Crippen molar-refractivity contribution >= 4 is 17.3 Å². The van der Waals surface area contributed by atoms with Crippen LogP contribution in [0.2, 0.25) is 0 Å². The lowest BCUT2D eigenvalue weighted by Crippen LogP contribution is -2.18. The van der Waals surface area contributed by atoms with Crippen LogP contribution in [0, 0.1) is 13.8 Å². The molecule has 0 atom stereocenters. The molecule has 0 radical (unpaired) electrons. The van der Waals surface area contributed by atoms with Crippen molar-refractivity contribution in [3.8, 4) is 0 Å². The van der Waals surface area contributed by atoms with E-state index in [1.54, 1.807) is 4.68 Å². The van der Waals surface area contributed by atoms with Gasteiger partial charge in [0.1, 0.15) is 0 Å². The van der Waals surface area contributed by atoms with Gasteiger partial charge in [0.25, 0.3) is 5.91 Å². The van der Waals surface area contributed by atoms with Crippen molar-refractivity contribution in [3.63, 3.8) is 0 Å². The first-order chi connectivity index (χ1) is 10.1. The SMILES string of the molecule is Cc1nn(C)c(C)c1C(=O)Nc1cccc2c1CCCN2. The molecule has 1 aromatic carbocycles. The van der Waals surface area contributed by atoms with E-state index < -0.39 is 0 Å². The van der Waals surface area contributed by atoms with Crippen molar-refractivity contribution < 1.29 is 4.79 Å². The lowest BCUT2D eigenvalue weighted by Gasteiger charge is -2.21. The molecule has 0 saturated heterocycles.